The van der Waals surface area contributed by atoms with E-state index in [2.05, 4.69) is 40.7 Å². The normalized spacial score (nSPS) is 48.4. The number of hydrogen-bond donors (Lipinski definition) is 1. The largest absolute Gasteiger partial charge is 0.481 e. The number of fused-ring (bicyclic) bond motifs is 7. The van der Waals surface area contributed by atoms with Crippen LogP contribution in [0.1, 0.15) is 98.8 Å². The highest BCUT2D eigenvalue weighted by atomic mass is 16.4. The van der Waals surface area contributed by atoms with Gasteiger partial charge in [0.1, 0.15) is 0 Å². The molecule has 6 atom stereocenters. The number of carbonyl (C=O) groups is 2. The topological polar surface area (TPSA) is 54.4 Å². The van der Waals surface area contributed by atoms with Crippen molar-refractivity contribution in [2.45, 2.75) is 98.8 Å². The maximum Gasteiger partial charge on any atom is 0.310 e. The lowest BCUT2D eigenvalue weighted by Crippen LogP contribution is -2.61. The second kappa shape index (κ2) is 6.35. The maximum absolute atomic E-state index is 12.7. The van der Waals surface area contributed by atoms with Gasteiger partial charge in [-0.05, 0) is 97.4 Å². The van der Waals surface area contributed by atoms with Crippen LogP contribution in [0.4, 0.5) is 0 Å². The third-order valence-electron chi connectivity index (χ3n) is 11.4. The van der Waals surface area contributed by atoms with Crippen molar-refractivity contribution >= 4 is 11.8 Å². The molecule has 0 aromatic carbocycles. The molecule has 0 saturated heterocycles. The first kappa shape index (κ1) is 21.5. The molecular formula is C28H40O3. The molecule has 3 heteroatoms. The zero-order valence-corrected chi connectivity index (χ0v) is 20.1. The number of allylic oxidation sites excluding steroid dienone is 4. The summed E-state index contributed by atoms with van der Waals surface area (Å²) in [5, 5.41) is 10.4. The van der Waals surface area contributed by atoms with Gasteiger partial charge in [0.2, 0.25) is 0 Å². The Morgan fingerprint density at radius 2 is 1.68 bits per heavy atom. The predicted molar refractivity (Wildman–Crippen MR) is 122 cm³/mol. The van der Waals surface area contributed by atoms with Gasteiger partial charge in [-0.25, -0.2) is 0 Å². The van der Waals surface area contributed by atoms with Crippen LogP contribution in [0.5, 0.6) is 0 Å². The van der Waals surface area contributed by atoms with Crippen molar-refractivity contribution in [1.29, 1.82) is 0 Å². The Hall–Kier alpha value is -1.38. The number of aliphatic carboxylic acids is 1. The van der Waals surface area contributed by atoms with Crippen molar-refractivity contribution in [2.24, 2.45) is 38.9 Å². The first-order chi connectivity index (χ1) is 14.4. The second-order valence-corrected chi connectivity index (χ2v) is 13.1. The highest BCUT2D eigenvalue weighted by Gasteiger charge is 2.66. The van der Waals surface area contributed by atoms with Crippen LogP contribution in [0.2, 0.25) is 0 Å². The van der Waals surface area contributed by atoms with Crippen molar-refractivity contribution in [2.75, 3.05) is 0 Å². The molecular weight excluding hydrogens is 384 g/mol. The lowest BCUT2D eigenvalue weighted by atomic mass is 9.36. The summed E-state index contributed by atoms with van der Waals surface area (Å²) in [6.45, 7) is 12.1. The highest BCUT2D eigenvalue weighted by Crippen LogP contribution is 2.74. The number of carboxylic acid groups (broad SMARTS) is 1. The van der Waals surface area contributed by atoms with Crippen LogP contribution in [-0.4, -0.2) is 16.9 Å². The minimum Gasteiger partial charge on any atom is -0.481 e. The summed E-state index contributed by atoms with van der Waals surface area (Å²) in [7, 11) is 0. The van der Waals surface area contributed by atoms with Crippen molar-refractivity contribution in [1.82, 2.24) is 0 Å². The van der Waals surface area contributed by atoms with E-state index < -0.39 is 11.4 Å². The number of carbonyl (C=O) groups excluding carboxylic acids is 1. The molecule has 3 saturated carbocycles. The molecule has 3 fully saturated rings. The minimum atomic E-state index is -0.565. The molecule has 3 nitrogen and oxygen atoms in total. The predicted octanol–water partition coefficient (Wildman–Crippen LogP) is 6.73. The molecule has 0 aromatic rings. The van der Waals surface area contributed by atoms with Crippen LogP contribution < -0.4 is 0 Å². The highest BCUT2D eigenvalue weighted by molar-refractivity contribution is 5.91. The van der Waals surface area contributed by atoms with Gasteiger partial charge >= 0.3 is 5.97 Å². The van der Waals surface area contributed by atoms with Crippen LogP contribution in [-0.2, 0) is 9.59 Å². The summed E-state index contributed by atoms with van der Waals surface area (Å²) in [4.78, 5) is 24.8. The first-order valence-corrected chi connectivity index (χ1v) is 12.6. The smallest absolute Gasteiger partial charge is 0.310 e. The van der Waals surface area contributed by atoms with Gasteiger partial charge in [0.05, 0.1) is 5.41 Å². The molecule has 31 heavy (non-hydrogen) atoms. The van der Waals surface area contributed by atoms with Crippen molar-refractivity contribution < 1.29 is 14.7 Å². The lowest BCUT2D eigenvalue weighted by Gasteiger charge is -2.68. The quantitative estimate of drug-likeness (QED) is 0.475. The molecule has 0 radical (unpaired) electrons. The molecule has 5 aliphatic carbocycles. The average Bonchev–Trinajstić information content (AvgIpc) is 2.69. The summed E-state index contributed by atoms with van der Waals surface area (Å²) in [5.74, 6) is 0.455. The average molecular weight is 425 g/mol. The fourth-order valence-electron chi connectivity index (χ4n) is 9.07. The first-order valence-electron chi connectivity index (χ1n) is 12.6. The van der Waals surface area contributed by atoms with E-state index in [9.17, 15) is 14.7 Å². The SMILES string of the molecule is CC1(C)CC[C@]2(C(=O)O)CC[C@]3(C)C(=CC[C@@H]4[C@@]5(C)CCC(=O)C=C5CC[C@]43C)[C@H]2C1. The lowest BCUT2D eigenvalue weighted by molar-refractivity contribution is -0.167. The van der Waals surface area contributed by atoms with E-state index in [1.54, 1.807) is 0 Å². The van der Waals surface area contributed by atoms with Gasteiger partial charge in [0.25, 0.3) is 0 Å². The third-order valence-corrected chi connectivity index (χ3v) is 11.4. The number of hydrogen-bond acceptors (Lipinski definition) is 2. The van der Waals surface area contributed by atoms with Crippen molar-refractivity contribution in [3.05, 3.63) is 23.3 Å². The zero-order valence-electron chi connectivity index (χ0n) is 20.1. The van der Waals surface area contributed by atoms with Crippen LogP contribution in [0.15, 0.2) is 23.3 Å². The Labute approximate surface area is 187 Å². The van der Waals surface area contributed by atoms with E-state index in [4.69, 9.17) is 0 Å². The Balaban J connectivity index is 1.62. The molecule has 0 aromatic heterocycles. The van der Waals surface area contributed by atoms with E-state index >= 15 is 0 Å². The summed E-state index contributed by atoms with van der Waals surface area (Å²) in [6, 6.07) is 0. The Morgan fingerprint density at radius 1 is 0.968 bits per heavy atom. The minimum absolute atomic E-state index is 0.0585. The van der Waals surface area contributed by atoms with Gasteiger partial charge in [-0.1, -0.05) is 51.8 Å². The van der Waals surface area contributed by atoms with Crippen LogP contribution >= 0.6 is 0 Å². The number of ketones is 1. The van der Waals surface area contributed by atoms with Crippen molar-refractivity contribution in [3.8, 4) is 0 Å². The Kier molecular flexibility index (Phi) is 4.40. The maximum atomic E-state index is 12.7. The molecule has 0 amide bonds. The molecule has 0 unspecified atom stereocenters. The molecule has 0 heterocycles. The zero-order chi connectivity index (χ0) is 22.4. The Morgan fingerprint density at radius 3 is 2.39 bits per heavy atom. The molecule has 1 N–H and O–H groups in total. The monoisotopic (exact) mass is 424 g/mol. The van der Waals surface area contributed by atoms with Crippen molar-refractivity contribution in [3.63, 3.8) is 0 Å². The molecule has 5 rings (SSSR count). The van der Waals surface area contributed by atoms with E-state index in [-0.39, 0.29) is 27.6 Å². The van der Waals surface area contributed by atoms with Crippen LogP contribution in [0.25, 0.3) is 0 Å². The van der Waals surface area contributed by atoms with E-state index in [1.807, 2.05) is 6.08 Å². The van der Waals surface area contributed by atoms with Gasteiger partial charge < -0.3 is 5.11 Å². The summed E-state index contributed by atoms with van der Waals surface area (Å²) >= 11 is 0. The van der Waals surface area contributed by atoms with Gasteiger partial charge in [-0.15, -0.1) is 0 Å². The summed E-state index contributed by atoms with van der Waals surface area (Å²) in [5.41, 5.74) is 2.85. The fourth-order valence-corrected chi connectivity index (χ4v) is 9.07. The van der Waals surface area contributed by atoms with Gasteiger partial charge in [-0.3, -0.25) is 9.59 Å². The van der Waals surface area contributed by atoms with E-state index in [0.29, 0.717) is 18.1 Å². The van der Waals surface area contributed by atoms with Crippen LogP contribution in [0.3, 0.4) is 0 Å². The second-order valence-electron chi connectivity index (χ2n) is 13.1. The van der Waals surface area contributed by atoms with Gasteiger partial charge in [0.15, 0.2) is 5.78 Å². The molecule has 0 aliphatic heterocycles. The third kappa shape index (κ3) is 2.64. The number of rotatable bonds is 1. The van der Waals surface area contributed by atoms with E-state index in [1.165, 1.54) is 11.1 Å². The summed E-state index contributed by atoms with van der Waals surface area (Å²) in [6.07, 6.45) is 14.0. The van der Waals surface area contributed by atoms with E-state index in [0.717, 1.165) is 57.8 Å². The molecule has 0 bridgehead atoms. The molecule has 5 aliphatic rings. The fraction of sp³-hybridized carbons (Fsp3) is 0.786. The Bertz CT molecular complexity index is 909. The number of carboxylic acids is 1. The summed E-state index contributed by atoms with van der Waals surface area (Å²) < 4.78 is 0. The van der Waals surface area contributed by atoms with Crippen LogP contribution in [0, 0.1) is 38.9 Å². The van der Waals surface area contributed by atoms with Gasteiger partial charge in [-0.2, -0.15) is 0 Å². The van der Waals surface area contributed by atoms with Gasteiger partial charge in [0, 0.05) is 6.42 Å². The standard InChI is InChI=1S/C28H40O3/c1-24(2)12-14-28(23(30)31)15-13-26(4)20(21(28)17-24)6-7-22-25(3)10-9-19(29)16-18(25)8-11-27(22,26)5/h6,16,21-22H,7-15,17H2,1-5H3,(H,30,31)/t21-,22-,25+,26-,27-,28+/m1/s1. The molecule has 170 valence electrons. The molecule has 0 spiro atoms.